The smallest absolute Gasteiger partial charge is 0.226 e. The van der Waals surface area contributed by atoms with Gasteiger partial charge in [-0.25, -0.2) is 4.39 Å². The first-order valence-electron chi connectivity index (χ1n) is 15.3. The van der Waals surface area contributed by atoms with Gasteiger partial charge >= 0.3 is 0 Å². The number of hydrogen-bond donors (Lipinski definition) is 3. The van der Waals surface area contributed by atoms with Crippen LogP contribution in [0.15, 0.2) is 73.2 Å². The van der Waals surface area contributed by atoms with E-state index in [1.807, 2.05) is 56.3 Å². The van der Waals surface area contributed by atoms with Crippen LogP contribution in [0.25, 0.3) is 55.6 Å². The minimum Gasteiger partial charge on any atom is -0.492 e. The summed E-state index contributed by atoms with van der Waals surface area (Å²) in [5.74, 6) is -0.0312. The molecule has 45 heavy (non-hydrogen) atoms. The minimum absolute atomic E-state index is 0.0767. The van der Waals surface area contributed by atoms with E-state index in [4.69, 9.17) is 4.74 Å². The van der Waals surface area contributed by atoms with Gasteiger partial charge in [0, 0.05) is 46.6 Å². The molecule has 0 unspecified atom stereocenters. The summed E-state index contributed by atoms with van der Waals surface area (Å²) >= 11 is 0. The third-order valence-electron chi connectivity index (χ3n) is 8.25. The van der Waals surface area contributed by atoms with Crippen LogP contribution in [-0.4, -0.2) is 62.2 Å². The maximum absolute atomic E-state index is 14.8. The molecule has 0 spiro atoms. The molecule has 0 atom stereocenters. The number of hydrogen-bond acceptors (Lipinski definition) is 6. The van der Waals surface area contributed by atoms with Gasteiger partial charge in [-0.1, -0.05) is 26.0 Å². The van der Waals surface area contributed by atoms with Crippen molar-refractivity contribution >= 4 is 33.4 Å². The maximum Gasteiger partial charge on any atom is 0.226 e. The minimum atomic E-state index is -0.336. The van der Waals surface area contributed by atoms with Crippen LogP contribution >= 0.6 is 0 Å². The number of H-pyrrole nitrogens is 2. The first kappa shape index (κ1) is 28.7. The Morgan fingerprint density at radius 2 is 1.87 bits per heavy atom. The molecule has 10 heteroatoms. The average molecular weight is 604 g/mol. The lowest BCUT2D eigenvalue weighted by Crippen LogP contribution is -2.25. The van der Waals surface area contributed by atoms with Gasteiger partial charge in [0.15, 0.2) is 0 Å². The molecule has 4 aromatic heterocycles. The van der Waals surface area contributed by atoms with Crippen molar-refractivity contribution in [1.82, 2.24) is 30.0 Å². The molecule has 0 radical (unpaired) electrons. The quantitative estimate of drug-likeness (QED) is 0.163. The average Bonchev–Trinajstić information content (AvgIpc) is 3.80. The predicted molar refractivity (Wildman–Crippen MR) is 174 cm³/mol. The van der Waals surface area contributed by atoms with E-state index in [0.717, 1.165) is 69.5 Å². The molecule has 1 fully saturated rings. The lowest BCUT2D eigenvalue weighted by Gasteiger charge is -2.15. The third kappa shape index (κ3) is 6.01. The van der Waals surface area contributed by atoms with E-state index in [-0.39, 0.29) is 17.6 Å². The van der Waals surface area contributed by atoms with Crippen molar-refractivity contribution in [3.8, 4) is 39.5 Å². The number of amides is 1. The zero-order chi connectivity index (χ0) is 30.9. The van der Waals surface area contributed by atoms with Crippen LogP contribution in [0.5, 0.6) is 5.75 Å². The molecule has 9 nitrogen and oxygen atoms in total. The van der Waals surface area contributed by atoms with Crippen molar-refractivity contribution in [3.63, 3.8) is 0 Å². The van der Waals surface area contributed by atoms with Gasteiger partial charge in [-0.2, -0.15) is 5.10 Å². The molecule has 1 saturated heterocycles. The summed E-state index contributed by atoms with van der Waals surface area (Å²) in [6.07, 6.45) is 7.54. The summed E-state index contributed by atoms with van der Waals surface area (Å²) < 4.78 is 20.8. The van der Waals surface area contributed by atoms with Crippen molar-refractivity contribution < 1.29 is 13.9 Å². The molecule has 6 aromatic rings. The predicted octanol–water partition coefficient (Wildman–Crippen LogP) is 7.04. The maximum atomic E-state index is 14.8. The summed E-state index contributed by atoms with van der Waals surface area (Å²) in [6, 6.07) is 16.7. The summed E-state index contributed by atoms with van der Waals surface area (Å²) in [5.41, 5.74) is 6.97. The molecule has 0 saturated carbocycles. The zero-order valence-electron chi connectivity index (χ0n) is 25.2. The van der Waals surface area contributed by atoms with Crippen LogP contribution in [0.3, 0.4) is 0 Å². The first-order chi connectivity index (χ1) is 21.9. The van der Waals surface area contributed by atoms with Gasteiger partial charge in [-0.15, -0.1) is 0 Å². The molecule has 7 rings (SSSR count). The summed E-state index contributed by atoms with van der Waals surface area (Å²) in [6.45, 7) is 7.25. The van der Waals surface area contributed by atoms with Crippen LogP contribution in [0.2, 0.25) is 0 Å². The lowest BCUT2D eigenvalue weighted by atomic mass is 10.0. The van der Waals surface area contributed by atoms with Crippen LogP contribution in [0.1, 0.15) is 26.7 Å². The van der Waals surface area contributed by atoms with Gasteiger partial charge in [0.05, 0.1) is 35.0 Å². The van der Waals surface area contributed by atoms with E-state index in [1.165, 1.54) is 18.9 Å². The largest absolute Gasteiger partial charge is 0.492 e. The van der Waals surface area contributed by atoms with Gasteiger partial charge in [0.1, 0.15) is 23.9 Å². The van der Waals surface area contributed by atoms with Crippen molar-refractivity contribution in [1.29, 1.82) is 0 Å². The van der Waals surface area contributed by atoms with Crippen LogP contribution in [0.4, 0.5) is 10.1 Å². The van der Waals surface area contributed by atoms with E-state index in [0.29, 0.717) is 23.7 Å². The fourth-order valence-corrected chi connectivity index (χ4v) is 5.85. The van der Waals surface area contributed by atoms with Crippen molar-refractivity contribution in [2.24, 2.45) is 5.92 Å². The summed E-state index contributed by atoms with van der Waals surface area (Å²) in [4.78, 5) is 27.0. The zero-order valence-corrected chi connectivity index (χ0v) is 25.2. The SMILES string of the molecule is CC(C)C(=O)Nc1cncc(-c2cc3c(-c4cc5c(-c6cc(F)cc(OCCN7CCCC7)c6)cccc5[nH]4)n[nH]c3cn2)c1. The fourth-order valence-electron chi connectivity index (χ4n) is 5.85. The van der Waals surface area contributed by atoms with Crippen molar-refractivity contribution in [2.45, 2.75) is 26.7 Å². The molecule has 1 aliphatic heterocycles. The molecule has 0 bridgehead atoms. The normalized spacial score (nSPS) is 13.7. The van der Waals surface area contributed by atoms with Gasteiger partial charge in [0.25, 0.3) is 0 Å². The number of aromatic nitrogens is 5. The van der Waals surface area contributed by atoms with E-state index >= 15 is 0 Å². The van der Waals surface area contributed by atoms with E-state index in [2.05, 4.69) is 35.4 Å². The molecule has 1 aliphatic rings. The highest BCUT2D eigenvalue weighted by Gasteiger charge is 2.17. The number of fused-ring (bicyclic) bond motifs is 2. The van der Waals surface area contributed by atoms with E-state index < -0.39 is 0 Å². The Labute approximate surface area is 259 Å². The lowest BCUT2D eigenvalue weighted by molar-refractivity contribution is -0.118. The number of anilines is 1. The number of rotatable bonds is 9. The molecular formula is C35H34FN7O2. The molecule has 1 amide bonds. The second-order valence-corrected chi connectivity index (χ2v) is 11.8. The number of aromatic amines is 2. The number of ether oxygens (including phenoxy) is 1. The second kappa shape index (κ2) is 12.1. The molecule has 5 heterocycles. The van der Waals surface area contributed by atoms with Gasteiger partial charge in [0.2, 0.25) is 5.91 Å². The van der Waals surface area contributed by atoms with Gasteiger partial charge < -0.3 is 15.0 Å². The summed E-state index contributed by atoms with van der Waals surface area (Å²) in [5, 5.41) is 12.4. The third-order valence-corrected chi connectivity index (χ3v) is 8.25. The number of benzene rings is 2. The Bertz CT molecular complexity index is 2010. The Kier molecular flexibility index (Phi) is 7.72. The van der Waals surface area contributed by atoms with Gasteiger partial charge in [-0.05, 0) is 73.5 Å². The number of pyridine rings is 2. The molecule has 2 aromatic carbocycles. The van der Waals surface area contributed by atoms with Crippen LogP contribution in [-0.2, 0) is 4.79 Å². The van der Waals surface area contributed by atoms with E-state index in [1.54, 1.807) is 24.7 Å². The summed E-state index contributed by atoms with van der Waals surface area (Å²) in [7, 11) is 0. The number of carbonyl (C=O) groups excluding carboxylic acids is 1. The highest BCUT2D eigenvalue weighted by atomic mass is 19.1. The number of nitrogens with one attached hydrogen (secondary N) is 3. The number of nitrogens with zero attached hydrogens (tertiary/aromatic N) is 4. The Balaban J connectivity index is 1.20. The molecule has 0 aliphatic carbocycles. The number of halogens is 1. The van der Waals surface area contributed by atoms with Crippen molar-refractivity contribution in [2.75, 3.05) is 31.6 Å². The van der Waals surface area contributed by atoms with Crippen molar-refractivity contribution in [3.05, 3.63) is 79.0 Å². The number of carbonyl (C=O) groups is 1. The second-order valence-electron chi connectivity index (χ2n) is 11.8. The Hall–Kier alpha value is -5.09. The van der Waals surface area contributed by atoms with Gasteiger partial charge in [-0.3, -0.25) is 24.8 Å². The standard InChI is InChI=1S/C35H34FN7O2/c1-21(2)35(44)39-25-13-23(18-37-19-25)31-17-29-33(20-38-31)41-42-34(29)32-16-28-27(6-5-7-30(28)40-32)22-12-24(36)15-26(14-22)45-11-10-43-8-3-4-9-43/h5-7,12-21,40H,3-4,8-11H2,1-2H3,(H,39,44)(H,41,42). The monoisotopic (exact) mass is 603 g/mol. The molecular weight excluding hydrogens is 569 g/mol. The Morgan fingerprint density at radius 1 is 1.00 bits per heavy atom. The fraction of sp³-hybridized carbons (Fsp3) is 0.257. The highest BCUT2D eigenvalue weighted by Crippen LogP contribution is 2.36. The van der Waals surface area contributed by atoms with Crippen LogP contribution in [0, 0.1) is 11.7 Å². The first-order valence-corrected chi connectivity index (χ1v) is 15.3. The Morgan fingerprint density at radius 3 is 2.71 bits per heavy atom. The number of likely N-dealkylation sites (tertiary alicyclic amines) is 1. The molecule has 228 valence electrons. The van der Waals surface area contributed by atoms with Crippen LogP contribution < -0.4 is 10.1 Å². The van der Waals surface area contributed by atoms with E-state index in [9.17, 15) is 9.18 Å². The molecule has 3 N–H and O–H groups in total. The topological polar surface area (TPSA) is 112 Å². The highest BCUT2D eigenvalue weighted by molar-refractivity contribution is 6.01.